The summed E-state index contributed by atoms with van der Waals surface area (Å²) in [6.45, 7) is 2.12. The Kier molecular flexibility index (Phi) is 3.68. The molecule has 4 heteroatoms. The van der Waals surface area contributed by atoms with Crippen molar-refractivity contribution in [2.24, 2.45) is 0 Å². The van der Waals surface area contributed by atoms with Gasteiger partial charge in [-0.1, -0.05) is 0 Å². The molecular weight excluding hydrogens is 164 g/mol. The Morgan fingerprint density at radius 1 is 1.75 bits per heavy atom. The van der Waals surface area contributed by atoms with Gasteiger partial charge in [-0.3, -0.25) is 4.79 Å². The van der Waals surface area contributed by atoms with Crippen LogP contribution in [-0.4, -0.2) is 17.9 Å². The van der Waals surface area contributed by atoms with Crippen molar-refractivity contribution in [3.63, 3.8) is 0 Å². The van der Waals surface area contributed by atoms with Crippen LogP contribution in [0.1, 0.15) is 20.3 Å². The Hall–Kier alpha value is -1.11. The number of carbonyl (C=O) groups is 1. The van der Waals surface area contributed by atoms with Gasteiger partial charge in [0.15, 0.2) is 0 Å². The lowest BCUT2D eigenvalue weighted by Gasteiger charge is -2.14. The van der Waals surface area contributed by atoms with Crippen LogP contribution in [0.2, 0.25) is 0 Å². The normalized spacial score (nSPS) is 13.2. The van der Waals surface area contributed by atoms with Crippen LogP contribution in [0.3, 0.4) is 0 Å². The smallest absolute Gasteiger partial charge is 0.321 e. The average molecular weight is 175 g/mol. The van der Waals surface area contributed by atoms with Crippen molar-refractivity contribution in [3.05, 3.63) is 0 Å². The first-order valence-electron chi connectivity index (χ1n) is 3.50. The zero-order valence-corrected chi connectivity index (χ0v) is 7.03. The van der Waals surface area contributed by atoms with E-state index in [2.05, 4.69) is 11.2 Å². The molecule has 0 saturated heterocycles. The predicted octanol–water partition coefficient (Wildman–Crippen LogP) is 1.17. The number of hydrogen-bond donors (Lipinski definition) is 1. The molecule has 0 aliphatic carbocycles. The van der Waals surface area contributed by atoms with Crippen molar-refractivity contribution in [2.45, 2.75) is 32.2 Å². The van der Waals surface area contributed by atoms with Crippen LogP contribution in [0, 0.1) is 12.3 Å². The monoisotopic (exact) mass is 175 g/mol. The van der Waals surface area contributed by atoms with Crippen molar-refractivity contribution >= 4 is 5.91 Å². The maximum atomic E-state index is 12.3. The number of halogens is 2. The second-order valence-electron chi connectivity index (χ2n) is 2.67. The second-order valence-corrected chi connectivity index (χ2v) is 2.67. The van der Waals surface area contributed by atoms with Gasteiger partial charge in [-0.2, -0.15) is 8.78 Å². The minimum Gasteiger partial charge on any atom is -0.347 e. The van der Waals surface area contributed by atoms with Gasteiger partial charge in [-0.05, 0) is 6.92 Å². The summed E-state index contributed by atoms with van der Waals surface area (Å²) in [6, 6.07) is -0.409. The molecule has 68 valence electrons. The first-order valence-corrected chi connectivity index (χ1v) is 3.50. The summed E-state index contributed by atoms with van der Waals surface area (Å²) in [6.07, 6.45) is 5.18. The van der Waals surface area contributed by atoms with Crippen molar-refractivity contribution < 1.29 is 13.6 Å². The molecule has 0 fully saturated rings. The lowest BCUT2D eigenvalue weighted by molar-refractivity contribution is -0.143. The molecule has 0 saturated carbocycles. The molecule has 0 aromatic carbocycles. The van der Waals surface area contributed by atoms with Gasteiger partial charge < -0.3 is 5.32 Å². The number of rotatable bonds is 3. The van der Waals surface area contributed by atoms with E-state index < -0.39 is 17.9 Å². The van der Waals surface area contributed by atoms with E-state index in [9.17, 15) is 13.6 Å². The zero-order valence-electron chi connectivity index (χ0n) is 7.03. The first-order chi connectivity index (χ1) is 5.38. The highest BCUT2D eigenvalue weighted by Crippen LogP contribution is 2.11. The third-order valence-electron chi connectivity index (χ3n) is 1.20. The summed E-state index contributed by atoms with van der Waals surface area (Å²) < 4.78 is 24.5. The van der Waals surface area contributed by atoms with Gasteiger partial charge in [0.25, 0.3) is 5.91 Å². The van der Waals surface area contributed by atoms with Gasteiger partial charge in [-0.25, -0.2) is 0 Å². The predicted molar refractivity (Wildman–Crippen MR) is 41.7 cm³/mol. The Bertz CT molecular complexity index is 202. The van der Waals surface area contributed by atoms with Gasteiger partial charge in [0.05, 0.1) is 0 Å². The summed E-state index contributed by atoms with van der Waals surface area (Å²) in [4.78, 5) is 10.6. The Balaban J connectivity index is 3.95. The second kappa shape index (κ2) is 4.05. The number of hydrogen-bond acceptors (Lipinski definition) is 1. The molecule has 1 amide bonds. The third kappa shape index (κ3) is 3.91. The molecule has 2 nitrogen and oxygen atoms in total. The fourth-order valence-corrected chi connectivity index (χ4v) is 0.578. The average Bonchev–Trinajstić information content (AvgIpc) is 1.85. The Morgan fingerprint density at radius 3 is 2.58 bits per heavy atom. The van der Waals surface area contributed by atoms with Gasteiger partial charge in [0, 0.05) is 19.4 Å². The topological polar surface area (TPSA) is 29.1 Å². The molecule has 0 aliphatic rings. The summed E-state index contributed by atoms with van der Waals surface area (Å²) in [5, 5.41) is 2.09. The first kappa shape index (κ1) is 10.9. The number of alkyl halides is 2. The van der Waals surface area contributed by atoms with Crippen LogP contribution in [0.25, 0.3) is 0 Å². The molecule has 0 rings (SSSR count). The van der Waals surface area contributed by atoms with E-state index in [0.717, 1.165) is 0 Å². The summed E-state index contributed by atoms with van der Waals surface area (Å²) in [7, 11) is 0. The fraction of sp³-hybridized carbons (Fsp3) is 0.625. The van der Waals surface area contributed by atoms with E-state index in [4.69, 9.17) is 6.42 Å². The molecule has 0 aliphatic heterocycles. The lowest BCUT2D eigenvalue weighted by atomic mass is 10.2. The molecule has 1 N–H and O–H groups in total. The summed E-state index contributed by atoms with van der Waals surface area (Å²) in [5.74, 6) is -2.35. The number of terminal acetylenes is 1. The Labute approximate surface area is 70.3 Å². The van der Waals surface area contributed by atoms with Crippen molar-refractivity contribution in [2.75, 3.05) is 0 Å². The van der Waals surface area contributed by atoms with E-state index in [1.54, 1.807) is 6.92 Å². The lowest BCUT2D eigenvalue weighted by Crippen LogP contribution is -2.42. The number of nitrogens with one attached hydrogen (secondary N) is 1. The molecule has 0 spiro atoms. The zero-order chi connectivity index (χ0) is 9.78. The van der Waals surface area contributed by atoms with Crippen LogP contribution in [0.5, 0.6) is 0 Å². The summed E-state index contributed by atoms with van der Waals surface area (Å²) >= 11 is 0. The molecule has 1 atom stereocenters. The third-order valence-corrected chi connectivity index (χ3v) is 1.20. The quantitative estimate of drug-likeness (QED) is 0.641. The highest BCUT2D eigenvalue weighted by molar-refractivity contribution is 5.83. The van der Waals surface area contributed by atoms with Crippen LogP contribution in [0.15, 0.2) is 0 Å². The Morgan fingerprint density at radius 2 is 2.25 bits per heavy atom. The minimum absolute atomic E-state index is 0.252. The maximum Gasteiger partial charge on any atom is 0.321 e. The molecular formula is C8H11F2NO. The van der Waals surface area contributed by atoms with Crippen LogP contribution in [0.4, 0.5) is 8.78 Å². The molecule has 0 radical (unpaired) electrons. The fourth-order valence-electron chi connectivity index (χ4n) is 0.578. The van der Waals surface area contributed by atoms with E-state index >= 15 is 0 Å². The van der Waals surface area contributed by atoms with Crippen molar-refractivity contribution in [3.8, 4) is 12.3 Å². The van der Waals surface area contributed by atoms with E-state index in [0.29, 0.717) is 6.92 Å². The van der Waals surface area contributed by atoms with Gasteiger partial charge >= 0.3 is 5.92 Å². The molecule has 0 aromatic heterocycles. The van der Waals surface area contributed by atoms with Gasteiger partial charge in [0.1, 0.15) is 0 Å². The van der Waals surface area contributed by atoms with Crippen LogP contribution < -0.4 is 5.32 Å². The molecule has 1 unspecified atom stereocenters. The van der Waals surface area contributed by atoms with Crippen LogP contribution in [-0.2, 0) is 4.79 Å². The molecule has 0 heterocycles. The largest absolute Gasteiger partial charge is 0.347 e. The number of amides is 1. The highest BCUT2D eigenvalue weighted by atomic mass is 19.3. The van der Waals surface area contributed by atoms with Crippen LogP contribution >= 0.6 is 0 Å². The van der Waals surface area contributed by atoms with E-state index in [1.165, 1.54) is 0 Å². The summed E-state index contributed by atoms with van der Waals surface area (Å²) in [5.41, 5.74) is 0. The minimum atomic E-state index is -3.33. The van der Waals surface area contributed by atoms with E-state index in [1.807, 2.05) is 0 Å². The SMILES string of the molecule is C#CCC(C)NC(=O)C(C)(F)F. The molecule has 12 heavy (non-hydrogen) atoms. The van der Waals surface area contributed by atoms with Crippen molar-refractivity contribution in [1.29, 1.82) is 0 Å². The standard InChI is InChI=1S/C8H11F2NO/c1-4-5-6(2)11-7(12)8(3,9)10/h1,6H,5H2,2-3H3,(H,11,12). The number of carbonyl (C=O) groups excluding carboxylic acids is 1. The molecule has 0 bridgehead atoms. The van der Waals surface area contributed by atoms with Crippen molar-refractivity contribution in [1.82, 2.24) is 5.32 Å². The van der Waals surface area contributed by atoms with Gasteiger partial charge in [-0.15, -0.1) is 12.3 Å². The van der Waals surface area contributed by atoms with Gasteiger partial charge in [0.2, 0.25) is 0 Å². The highest BCUT2D eigenvalue weighted by Gasteiger charge is 2.32. The maximum absolute atomic E-state index is 12.3. The molecule has 0 aromatic rings. The van der Waals surface area contributed by atoms with E-state index in [-0.39, 0.29) is 6.42 Å².